The van der Waals surface area contributed by atoms with Crippen molar-refractivity contribution < 1.29 is 9.59 Å². The van der Waals surface area contributed by atoms with Crippen molar-refractivity contribution in [1.29, 1.82) is 0 Å². The number of aromatic nitrogens is 3. The Hall–Kier alpha value is -3.65. The van der Waals surface area contributed by atoms with Gasteiger partial charge in [0.1, 0.15) is 0 Å². The van der Waals surface area contributed by atoms with Crippen molar-refractivity contribution in [2.75, 3.05) is 11.1 Å². The van der Waals surface area contributed by atoms with Gasteiger partial charge in [-0.3, -0.25) is 9.59 Å². The second kappa shape index (κ2) is 9.65. The highest BCUT2D eigenvalue weighted by atomic mass is 32.2. The summed E-state index contributed by atoms with van der Waals surface area (Å²) in [5, 5.41) is 17.0. The van der Waals surface area contributed by atoms with Crippen molar-refractivity contribution in [2.24, 2.45) is 7.05 Å². The molecular weight excluding hydrogens is 422 g/mol. The van der Waals surface area contributed by atoms with Gasteiger partial charge in [-0.2, -0.15) is 0 Å². The predicted octanol–water partition coefficient (Wildman–Crippen LogP) is 4.19. The van der Waals surface area contributed by atoms with E-state index in [0.717, 1.165) is 16.5 Å². The first-order valence-electron chi connectivity index (χ1n) is 10.2. The van der Waals surface area contributed by atoms with E-state index in [1.165, 1.54) is 11.8 Å². The molecule has 4 rings (SSSR count). The van der Waals surface area contributed by atoms with Crippen LogP contribution in [0.25, 0.3) is 10.8 Å². The van der Waals surface area contributed by atoms with E-state index in [1.54, 1.807) is 16.7 Å². The third-order valence-corrected chi connectivity index (χ3v) is 6.06. The molecule has 3 aromatic carbocycles. The van der Waals surface area contributed by atoms with Crippen molar-refractivity contribution in [3.8, 4) is 0 Å². The second-order valence-electron chi connectivity index (χ2n) is 7.32. The molecule has 0 aliphatic heterocycles. The largest absolute Gasteiger partial charge is 0.342 e. The van der Waals surface area contributed by atoms with E-state index in [1.807, 2.05) is 74.6 Å². The van der Waals surface area contributed by atoms with Gasteiger partial charge in [0, 0.05) is 23.7 Å². The van der Waals surface area contributed by atoms with Gasteiger partial charge >= 0.3 is 0 Å². The van der Waals surface area contributed by atoms with Crippen molar-refractivity contribution in [1.82, 2.24) is 20.1 Å². The third-order valence-electron chi connectivity index (χ3n) is 5.04. The molecule has 0 saturated heterocycles. The van der Waals surface area contributed by atoms with Gasteiger partial charge in [0.05, 0.1) is 11.8 Å². The van der Waals surface area contributed by atoms with Crippen LogP contribution >= 0.6 is 11.8 Å². The van der Waals surface area contributed by atoms with Gasteiger partial charge in [0.15, 0.2) is 11.0 Å². The molecule has 0 unspecified atom stereocenters. The molecule has 2 amide bonds. The maximum Gasteiger partial charge on any atom is 0.251 e. The third kappa shape index (κ3) is 4.81. The molecule has 1 heterocycles. The molecule has 0 aliphatic rings. The van der Waals surface area contributed by atoms with E-state index in [-0.39, 0.29) is 23.6 Å². The molecule has 0 spiro atoms. The van der Waals surface area contributed by atoms with E-state index in [9.17, 15) is 9.59 Å². The topological polar surface area (TPSA) is 88.9 Å². The van der Waals surface area contributed by atoms with Crippen LogP contribution < -0.4 is 10.6 Å². The number of hydrogen-bond donors (Lipinski definition) is 2. The number of benzene rings is 3. The lowest BCUT2D eigenvalue weighted by molar-refractivity contribution is -0.113. The number of amides is 2. The van der Waals surface area contributed by atoms with E-state index in [0.29, 0.717) is 16.5 Å². The zero-order valence-corrected chi connectivity index (χ0v) is 18.6. The molecule has 1 aromatic heterocycles. The van der Waals surface area contributed by atoms with Crippen LogP contribution in [0.15, 0.2) is 78.0 Å². The van der Waals surface area contributed by atoms with Crippen LogP contribution in [0.2, 0.25) is 0 Å². The Kier molecular flexibility index (Phi) is 6.51. The molecular formula is C24H23N5O2S. The fraction of sp³-hybridized carbons (Fsp3) is 0.167. The van der Waals surface area contributed by atoms with E-state index in [4.69, 9.17) is 0 Å². The molecule has 8 heteroatoms. The van der Waals surface area contributed by atoms with E-state index >= 15 is 0 Å². The molecule has 4 aromatic rings. The molecule has 0 fully saturated rings. The summed E-state index contributed by atoms with van der Waals surface area (Å²) < 4.78 is 1.80. The first-order valence-corrected chi connectivity index (χ1v) is 11.2. The smallest absolute Gasteiger partial charge is 0.251 e. The SMILES string of the molecule is C[C@@H](NC(=O)c1ccccc1)c1nnc(SCC(=O)Nc2cccc3ccccc23)n1C. The average Bonchev–Trinajstić information content (AvgIpc) is 3.19. The zero-order valence-electron chi connectivity index (χ0n) is 17.8. The number of carbonyl (C=O) groups excluding carboxylic acids is 2. The maximum atomic E-state index is 12.5. The number of thioether (sulfide) groups is 1. The van der Waals surface area contributed by atoms with Crippen LogP contribution in [0.1, 0.15) is 29.1 Å². The summed E-state index contributed by atoms with van der Waals surface area (Å²) in [6.07, 6.45) is 0. The highest BCUT2D eigenvalue weighted by Gasteiger charge is 2.19. The Bertz CT molecular complexity index is 1250. The molecule has 0 radical (unpaired) electrons. The maximum absolute atomic E-state index is 12.5. The fourth-order valence-corrected chi connectivity index (χ4v) is 4.13. The van der Waals surface area contributed by atoms with Gasteiger partial charge in [0.25, 0.3) is 5.91 Å². The number of nitrogens with one attached hydrogen (secondary N) is 2. The predicted molar refractivity (Wildman–Crippen MR) is 127 cm³/mol. The summed E-state index contributed by atoms with van der Waals surface area (Å²) in [7, 11) is 1.82. The van der Waals surface area contributed by atoms with Crippen LogP contribution in [-0.4, -0.2) is 32.3 Å². The summed E-state index contributed by atoms with van der Waals surface area (Å²) in [4.78, 5) is 24.9. The minimum Gasteiger partial charge on any atom is -0.342 e. The summed E-state index contributed by atoms with van der Waals surface area (Å²) in [5.41, 5.74) is 1.37. The standard InChI is InChI=1S/C24H23N5O2S/c1-16(25-23(31)18-10-4-3-5-11-18)22-27-28-24(29(22)2)32-15-21(30)26-20-14-8-12-17-9-6-7-13-19(17)20/h3-14,16H,15H2,1-2H3,(H,25,31)(H,26,30)/t16-/m1/s1. The Labute approximate surface area is 190 Å². The van der Waals surface area contributed by atoms with Gasteiger partial charge in [-0.05, 0) is 30.5 Å². The Morgan fingerprint density at radius 2 is 1.69 bits per heavy atom. The monoisotopic (exact) mass is 445 g/mol. The quantitative estimate of drug-likeness (QED) is 0.417. The summed E-state index contributed by atoms with van der Waals surface area (Å²) in [6.45, 7) is 1.85. The molecule has 0 bridgehead atoms. The first-order chi connectivity index (χ1) is 15.5. The van der Waals surface area contributed by atoms with Crippen LogP contribution in [0, 0.1) is 0 Å². The number of anilines is 1. The molecule has 162 valence electrons. The van der Waals surface area contributed by atoms with Gasteiger partial charge in [0.2, 0.25) is 5.91 Å². The van der Waals surface area contributed by atoms with Gasteiger partial charge in [-0.15, -0.1) is 10.2 Å². The lowest BCUT2D eigenvalue weighted by atomic mass is 10.1. The van der Waals surface area contributed by atoms with Crippen LogP contribution in [0.3, 0.4) is 0 Å². The first kappa shape index (κ1) is 21.6. The van der Waals surface area contributed by atoms with Gasteiger partial charge < -0.3 is 15.2 Å². The van der Waals surface area contributed by atoms with Crippen molar-refractivity contribution in [2.45, 2.75) is 18.1 Å². The van der Waals surface area contributed by atoms with Crippen molar-refractivity contribution in [3.05, 3.63) is 84.2 Å². The number of rotatable bonds is 7. The van der Waals surface area contributed by atoms with Crippen LogP contribution in [-0.2, 0) is 11.8 Å². The zero-order chi connectivity index (χ0) is 22.5. The van der Waals surface area contributed by atoms with Crippen LogP contribution in [0.4, 0.5) is 5.69 Å². The molecule has 0 saturated carbocycles. The Balaban J connectivity index is 1.37. The summed E-state index contributed by atoms with van der Waals surface area (Å²) in [6, 6.07) is 22.4. The minimum absolute atomic E-state index is 0.124. The lowest BCUT2D eigenvalue weighted by Gasteiger charge is -2.13. The number of carbonyl (C=O) groups is 2. The van der Waals surface area contributed by atoms with Gasteiger partial charge in [-0.1, -0.05) is 66.4 Å². The molecule has 0 aliphatic carbocycles. The Morgan fingerprint density at radius 3 is 2.50 bits per heavy atom. The van der Waals surface area contributed by atoms with Crippen molar-refractivity contribution >= 4 is 40.0 Å². The Morgan fingerprint density at radius 1 is 0.969 bits per heavy atom. The summed E-state index contributed by atoms with van der Waals surface area (Å²) >= 11 is 1.30. The highest BCUT2D eigenvalue weighted by Crippen LogP contribution is 2.24. The number of hydrogen-bond acceptors (Lipinski definition) is 5. The number of nitrogens with zero attached hydrogens (tertiary/aromatic N) is 3. The summed E-state index contributed by atoms with van der Waals surface area (Å²) in [5.74, 6) is 0.511. The molecule has 32 heavy (non-hydrogen) atoms. The lowest BCUT2D eigenvalue weighted by Crippen LogP contribution is -2.28. The van der Waals surface area contributed by atoms with E-state index < -0.39 is 0 Å². The minimum atomic E-state index is -0.334. The highest BCUT2D eigenvalue weighted by molar-refractivity contribution is 7.99. The molecule has 7 nitrogen and oxygen atoms in total. The van der Waals surface area contributed by atoms with E-state index in [2.05, 4.69) is 20.8 Å². The molecule has 2 N–H and O–H groups in total. The van der Waals surface area contributed by atoms with Gasteiger partial charge in [-0.25, -0.2) is 0 Å². The number of fused-ring (bicyclic) bond motifs is 1. The molecule has 1 atom stereocenters. The van der Waals surface area contributed by atoms with Crippen LogP contribution in [0.5, 0.6) is 0 Å². The normalized spacial score (nSPS) is 11.8. The second-order valence-corrected chi connectivity index (χ2v) is 8.27. The average molecular weight is 446 g/mol. The van der Waals surface area contributed by atoms with Crippen molar-refractivity contribution in [3.63, 3.8) is 0 Å². The fourth-order valence-electron chi connectivity index (χ4n) is 3.41.